The molecule has 2 saturated heterocycles. The molecule has 1 N–H and O–H groups in total. The van der Waals surface area contributed by atoms with E-state index in [1.807, 2.05) is 54.6 Å². The van der Waals surface area contributed by atoms with Gasteiger partial charge in [0.05, 0.1) is 48.1 Å². The monoisotopic (exact) mass is 534 g/mol. The summed E-state index contributed by atoms with van der Waals surface area (Å²) in [4.78, 5) is 15.0. The summed E-state index contributed by atoms with van der Waals surface area (Å²) in [6.45, 7) is 0.327. The Morgan fingerprint density at radius 3 is 2.18 bits per heavy atom. The quantitative estimate of drug-likeness (QED) is 0.475. The van der Waals surface area contributed by atoms with Crippen molar-refractivity contribution in [2.75, 3.05) is 19.8 Å². The zero-order valence-electron chi connectivity index (χ0n) is 20.8. The maximum Gasteiger partial charge on any atom is 0.416 e. The number of halogens is 3. The smallest absolute Gasteiger partial charge is 0.416 e. The van der Waals surface area contributed by atoms with Crippen LogP contribution in [0.25, 0.3) is 11.1 Å². The van der Waals surface area contributed by atoms with Crippen molar-refractivity contribution in [2.24, 2.45) is 0 Å². The lowest BCUT2D eigenvalue weighted by Gasteiger charge is -2.51. The number of fused-ring (bicyclic) bond motifs is 5. The second kappa shape index (κ2) is 9.40. The third kappa shape index (κ3) is 4.34. The number of rotatable bonds is 3. The van der Waals surface area contributed by atoms with E-state index in [0.717, 1.165) is 40.5 Å². The van der Waals surface area contributed by atoms with Crippen LogP contribution in [0.2, 0.25) is 0 Å². The molecule has 39 heavy (non-hydrogen) atoms. The molecule has 6 nitrogen and oxygen atoms in total. The highest BCUT2D eigenvalue weighted by Gasteiger charge is 2.50. The summed E-state index contributed by atoms with van der Waals surface area (Å²) in [5, 5.41) is 21.2. The minimum Gasteiger partial charge on any atom is -0.448 e. The van der Waals surface area contributed by atoms with Crippen molar-refractivity contribution in [2.45, 2.75) is 42.6 Å². The second-order valence-electron chi connectivity index (χ2n) is 10.4. The Morgan fingerprint density at radius 2 is 1.62 bits per heavy atom. The first-order valence-electron chi connectivity index (χ1n) is 12.7. The maximum absolute atomic E-state index is 13.4. The summed E-state index contributed by atoms with van der Waals surface area (Å²) in [6.07, 6.45) is -5.34. The van der Waals surface area contributed by atoms with E-state index in [0.29, 0.717) is 0 Å². The Kier molecular flexibility index (Phi) is 6.12. The van der Waals surface area contributed by atoms with Crippen molar-refractivity contribution in [1.29, 1.82) is 5.26 Å². The van der Waals surface area contributed by atoms with Crippen LogP contribution >= 0.6 is 0 Å². The Labute approximate surface area is 223 Å². The van der Waals surface area contributed by atoms with Gasteiger partial charge in [0.1, 0.15) is 6.61 Å². The fourth-order valence-electron chi connectivity index (χ4n) is 6.37. The van der Waals surface area contributed by atoms with Crippen LogP contribution < -0.4 is 0 Å². The molecule has 0 saturated carbocycles. The van der Waals surface area contributed by atoms with Crippen molar-refractivity contribution < 1.29 is 32.5 Å². The van der Waals surface area contributed by atoms with Crippen LogP contribution in [0.15, 0.2) is 66.7 Å². The fourth-order valence-corrected chi connectivity index (χ4v) is 6.37. The standard InChI is InChI=1S/C30H25F3N2O4/c31-30(32,33)19-10-9-18(14-34)27(11-19)29(37)12-20-15-38-16-21(13-29)35(20)28(36)39-17-26-24-7-3-1-5-22(24)23-6-2-4-8-25(23)26/h1-11,20-21,26,37H,12-13,15-17H2. The summed E-state index contributed by atoms with van der Waals surface area (Å²) in [7, 11) is 0. The lowest BCUT2D eigenvalue weighted by molar-refractivity contribution is -0.140. The minimum atomic E-state index is -4.62. The molecule has 0 spiro atoms. The molecule has 2 atom stereocenters. The molecular weight excluding hydrogens is 509 g/mol. The molecule has 2 heterocycles. The first kappa shape index (κ1) is 25.4. The number of benzene rings is 3. The third-order valence-electron chi connectivity index (χ3n) is 8.07. The SMILES string of the molecule is N#Cc1ccc(C(F)(F)F)cc1C1(O)CC2COCC(C1)N2C(=O)OCC1c2ccccc2-c2ccccc21. The molecular formula is C30H25F3N2O4. The van der Waals surface area contributed by atoms with Gasteiger partial charge in [0.2, 0.25) is 0 Å². The summed E-state index contributed by atoms with van der Waals surface area (Å²) in [6, 6.07) is 19.4. The predicted molar refractivity (Wildman–Crippen MR) is 135 cm³/mol. The van der Waals surface area contributed by atoms with E-state index in [1.165, 1.54) is 0 Å². The maximum atomic E-state index is 13.4. The predicted octanol–water partition coefficient (Wildman–Crippen LogP) is 5.58. The van der Waals surface area contributed by atoms with Crippen LogP contribution in [-0.2, 0) is 21.3 Å². The van der Waals surface area contributed by atoms with Gasteiger partial charge in [0.15, 0.2) is 0 Å². The number of ether oxygens (including phenoxy) is 2. The van der Waals surface area contributed by atoms with Crippen LogP contribution in [0, 0.1) is 11.3 Å². The first-order valence-corrected chi connectivity index (χ1v) is 12.7. The molecule has 200 valence electrons. The zero-order valence-corrected chi connectivity index (χ0v) is 20.8. The fraction of sp³-hybridized carbons (Fsp3) is 0.333. The van der Waals surface area contributed by atoms with Crippen LogP contribution in [0.5, 0.6) is 0 Å². The van der Waals surface area contributed by atoms with Crippen LogP contribution in [-0.4, -0.2) is 48.0 Å². The zero-order chi connectivity index (χ0) is 27.4. The molecule has 6 rings (SSSR count). The van der Waals surface area contributed by atoms with Crippen LogP contribution in [0.1, 0.15) is 46.6 Å². The Bertz CT molecular complexity index is 1420. The Balaban J connectivity index is 1.23. The van der Waals surface area contributed by atoms with Crippen molar-refractivity contribution >= 4 is 6.09 Å². The van der Waals surface area contributed by atoms with Gasteiger partial charge in [-0.15, -0.1) is 0 Å². The van der Waals surface area contributed by atoms with Crippen molar-refractivity contribution in [3.8, 4) is 17.2 Å². The average molecular weight is 535 g/mol. The van der Waals surface area contributed by atoms with Gasteiger partial charge < -0.3 is 14.6 Å². The van der Waals surface area contributed by atoms with E-state index in [2.05, 4.69) is 0 Å². The molecule has 3 aromatic rings. The molecule has 0 radical (unpaired) electrons. The largest absolute Gasteiger partial charge is 0.448 e. The number of nitriles is 1. The van der Waals surface area contributed by atoms with Crippen molar-refractivity contribution in [3.63, 3.8) is 0 Å². The Hall–Kier alpha value is -3.87. The topological polar surface area (TPSA) is 82.8 Å². The van der Waals surface area contributed by atoms with Crippen LogP contribution in [0.3, 0.4) is 0 Å². The van der Waals surface area contributed by atoms with Gasteiger partial charge in [-0.1, -0.05) is 48.5 Å². The molecule has 2 bridgehead atoms. The lowest BCUT2D eigenvalue weighted by Crippen LogP contribution is -2.62. The summed E-state index contributed by atoms with van der Waals surface area (Å²) < 4.78 is 51.8. The van der Waals surface area contributed by atoms with Gasteiger partial charge in [-0.3, -0.25) is 4.90 Å². The summed E-state index contributed by atoms with van der Waals surface area (Å²) >= 11 is 0. The molecule has 2 unspecified atom stereocenters. The number of hydrogen-bond acceptors (Lipinski definition) is 5. The molecule has 1 amide bonds. The average Bonchev–Trinajstić information content (AvgIpc) is 3.24. The molecule has 2 fully saturated rings. The van der Waals surface area contributed by atoms with Gasteiger partial charge in [-0.05, 0) is 40.5 Å². The van der Waals surface area contributed by atoms with Crippen LogP contribution in [0.4, 0.5) is 18.0 Å². The lowest BCUT2D eigenvalue weighted by atomic mass is 9.75. The molecule has 1 aliphatic carbocycles. The van der Waals surface area contributed by atoms with Gasteiger partial charge in [-0.25, -0.2) is 4.79 Å². The highest BCUT2D eigenvalue weighted by atomic mass is 19.4. The number of carbonyl (C=O) groups is 1. The summed E-state index contributed by atoms with van der Waals surface area (Å²) in [5.41, 5.74) is 1.60. The molecule has 2 aliphatic heterocycles. The van der Waals surface area contributed by atoms with E-state index >= 15 is 0 Å². The van der Waals surface area contributed by atoms with E-state index in [9.17, 15) is 28.3 Å². The number of alkyl halides is 3. The van der Waals surface area contributed by atoms with Gasteiger partial charge in [-0.2, -0.15) is 18.4 Å². The second-order valence-corrected chi connectivity index (χ2v) is 10.4. The number of amides is 1. The van der Waals surface area contributed by atoms with E-state index in [4.69, 9.17) is 9.47 Å². The van der Waals surface area contributed by atoms with Crippen molar-refractivity contribution in [1.82, 2.24) is 4.90 Å². The third-order valence-corrected chi connectivity index (χ3v) is 8.07. The number of piperidine rings is 1. The van der Waals surface area contributed by atoms with E-state index in [-0.39, 0.29) is 49.7 Å². The number of aliphatic hydroxyl groups is 1. The minimum absolute atomic E-state index is 0.0286. The molecule has 3 aliphatic rings. The van der Waals surface area contributed by atoms with Gasteiger partial charge in [0.25, 0.3) is 0 Å². The summed E-state index contributed by atoms with van der Waals surface area (Å²) in [5.74, 6) is -0.123. The first-order chi connectivity index (χ1) is 18.7. The van der Waals surface area contributed by atoms with Crippen molar-refractivity contribution in [3.05, 3.63) is 94.5 Å². The normalized spacial score (nSPS) is 24.0. The van der Waals surface area contributed by atoms with E-state index in [1.54, 1.807) is 4.90 Å². The Morgan fingerprint density at radius 1 is 1.03 bits per heavy atom. The number of morpholine rings is 1. The van der Waals surface area contributed by atoms with Gasteiger partial charge >= 0.3 is 12.3 Å². The number of hydrogen-bond donors (Lipinski definition) is 1. The highest BCUT2D eigenvalue weighted by molar-refractivity contribution is 5.79. The number of nitrogens with zero attached hydrogens (tertiary/aromatic N) is 2. The van der Waals surface area contributed by atoms with E-state index < -0.39 is 35.5 Å². The number of carbonyl (C=O) groups excluding carboxylic acids is 1. The molecule has 3 aromatic carbocycles. The molecule has 9 heteroatoms. The highest BCUT2D eigenvalue weighted by Crippen LogP contribution is 2.46. The molecule has 0 aromatic heterocycles. The van der Waals surface area contributed by atoms with Gasteiger partial charge in [0, 0.05) is 24.3 Å².